The lowest BCUT2D eigenvalue weighted by Crippen LogP contribution is -2.26. The molecule has 1 aromatic carbocycles. The largest absolute Gasteiger partial charge is 0.380 e. The van der Waals surface area contributed by atoms with Gasteiger partial charge >= 0.3 is 0 Å². The van der Waals surface area contributed by atoms with Crippen LogP contribution < -0.4 is 5.32 Å². The van der Waals surface area contributed by atoms with Crippen LogP contribution in [0.3, 0.4) is 0 Å². The fourth-order valence-electron chi connectivity index (χ4n) is 1.77. The number of hydrogen-bond donors (Lipinski definition) is 1. The van der Waals surface area contributed by atoms with Crippen molar-refractivity contribution < 1.29 is 4.74 Å². The van der Waals surface area contributed by atoms with Crippen LogP contribution >= 0.6 is 23.2 Å². The van der Waals surface area contributed by atoms with Gasteiger partial charge < -0.3 is 10.1 Å². The van der Waals surface area contributed by atoms with E-state index < -0.39 is 0 Å². The Hall–Kier alpha value is -0.440. The van der Waals surface area contributed by atoms with E-state index in [0.717, 1.165) is 18.7 Å². The summed E-state index contributed by atoms with van der Waals surface area (Å²) in [5.74, 6) is 0. The van der Waals surface area contributed by atoms with Crippen molar-refractivity contribution in [3.63, 3.8) is 0 Å². The van der Waals surface area contributed by atoms with E-state index in [2.05, 4.69) is 12.2 Å². The monoisotopic (exact) mass is 245 g/mol. The molecule has 1 aromatic rings. The van der Waals surface area contributed by atoms with Crippen LogP contribution in [-0.4, -0.2) is 18.8 Å². The van der Waals surface area contributed by atoms with Crippen LogP contribution in [0.15, 0.2) is 18.2 Å². The van der Waals surface area contributed by atoms with Crippen molar-refractivity contribution in [1.82, 2.24) is 0 Å². The van der Waals surface area contributed by atoms with Crippen LogP contribution in [0, 0.1) is 0 Å². The van der Waals surface area contributed by atoms with E-state index in [4.69, 9.17) is 27.9 Å². The minimum Gasteiger partial charge on any atom is -0.380 e. The summed E-state index contributed by atoms with van der Waals surface area (Å²) in [5.41, 5.74) is 0.954. The molecule has 2 atom stereocenters. The van der Waals surface area contributed by atoms with Crippen molar-refractivity contribution in [3.8, 4) is 0 Å². The number of halogens is 2. The highest BCUT2D eigenvalue weighted by molar-refractivity contribution is 6.35. The Kier molecular flexibility index (Phi) is 3.39. The third-order valence-electron chi connectivity index (χ3n) is 2.59. The Morgan fingerprint density at radius 1 is 1.27 bits per heavy atom. The van der Waals surface area contributed by atoms with Gasteiger partial charge in [0.1, 0.15) is 0 Å². The Balaban J connectivity index is 2.10. The van der Waals surface area contributed by atoms with Gasteiger partial charge in [-0.05, 0) is 31.5 Å². The lowest BCUT2D eigenvalue weighted by molar-refractivity contribution is 0.121. The van der Waals surface area contributed by atoms with Crippen molar-refractivity contribution in [2.24, 2.45) is 0 Å². The maximum absolute atomic E-state index is 5.92. The van der Waals surface area contributed by atoms with Gasteiger partial charge in [0.2, 0.25) is 0 Å². The lowest BCUT2D eigenvalue weighted by atomic mass is 10.1. The maximum Gasteiger partial charge on any atom is 0.0748 e. The Morgan fingerprint density at radius 3 is 2.47 bits per heavy atom. The molecule has 0 amide bonds. The highest BCUT2D eigenvalue weighted by Gasteiger charge is 2.23. The van der Waals surface area contributed by atoms with Gasteiger partial charge in [-0.3, -0.25) is 0 Å². The molecule has 0 radical (unpaired) electrons. The van der Waals surface area contributed by atoms with Crippen LogP contribution in [0.5, 0.6) is 0 Å². The molecule has 1 saturated heterocycles. The van der Waals surface area contributed by atoms with E-state index in [0.29, 0.717) is 16.1 Å². The summed E-state index contributed by atoms with van der Waals surface area (Å²) in [6, 6.07) is 5.82. The first-order valence-electron chi connectivity index (χ1n) is 4.99. The second kappa shape index (κ2) is 4.60. The highest BCUT2D eigenvalue weighted by Crippen LogP contribution is 2.25. The number of ether oxygens (including phenoxy) is 1. The summed E-state index contributed by atoms with van der Waals surface area (Å²) >= 11 is 11.8. The number of hydrogen-bond acceptors (Lipinski definition) is 2. The summed E-state index contributed by atoms with van der Waals surface area (Å²) in [4.78, 5) is 0. The average molecular weight is 246 g/mol. The molecule has 2 nitrogen and oxygen atoms in total. The van der Waals surface area contributed by atoms with Gasteiger partial charge in [-0.2, -0.15) is 0 Å². The molecule has 1 aliphatic heterocycles. The minimum atomic E-state index is 0.239. The molecule has 1 heterocycles. The standard InChI is InChI=1S/C11H13Cl2NO/c1-7-11(2-3-15-7)14-10-5-8(12)4-9(13)6-10/h4-7,11,14H,2-3H2,1H3. The van der Waals surface area contributed by atoms with Crippen molar-refractivity contribution >= 4 is 28.9 Å². The quantitative estimate of drug-likeness (QED) is 0.861. The lowest BCUT2D eigenvalue weighted by Gasteiger charge is -2.17. The topological polar surface area (TPSA) is 21.3 Å². The van der Waals surface area contributed by atoms with E-state index >= 15 is 0 Å². The van der Waals surface area contributed by atoms with Gasteiger partial charge in [0.05, 0.1) is 12.1 Å². The van der Waals surface area contributed by atoms with Crippen LogP contribution in [-0.2, 0) is 4.74 Å². The van der Waals surface area contributed by atoms with Crippen molar-refractivity contribution in [3.05, 3.63) is 28.2 Å². The van der Waals surface area contributed by atoms with Crippen molar-refractivity contribution in [2.75, 3.05) is 11.9 Å². The van der Waals surface area contributed by atoms with Gasteiger partial charge in [-0.1, -0.05) is 23.2 Å². The minimum absolute atomic E-state index is 0.239. The zero-order chi connectivity index (χ0) is 10.8. The highest BCUT2D eigenvalue weighted by atomic mass is 35.5. The molecule has 82 valence electrons. The second-order valence-electron chi connectivity index (χ2n) is 3.77. The summed E-state index contributed by atoms with van der Waals surface area (Å²) in [7, 11) is 0. The van der Waals surface area contributed by atoms with Gasteiger partial charge in [0, 0.05) is 22.3 Å². The molecule has 0 saturated carbocycles. The summed E-state index contributed by atoms with van der Waals surface area (Å²) in [5, 5.41) is 4.68. The predicted octanol–water partition coefficient (Wildman–Crippen LogP) is 3.58. The Morgan fingerprint density at radius 2 is 1.93 bits per heavy atom. The summed E-state index contributed by atoms with van der Waals surface area (Å²) in [6.45, 7) is 2.88. The summed E-state index contributed by atoms with van der Waals surface area (Å²) < 4.78 is 5.47. The van der Waals surface area contributed by atoms with Gasteiger partial charge in [-0.15, -0.1) is 0 Å². The normalized spacial score (nSPS) is 25.5. The fourth-order valence-corrected chi connectivity index (χ4v) is 2.30. The molecule has 2 unspecified atom stereocenters. The second-order valence-corrected chi connectivity index (χ2v) is 4.65. The predicted molar refractivity (Wildman–Crippen MR) is 63.9 cm³/mol. The third-order valence-corrected chi connectivity index (χ3v) is 3.03. The first-order chi connectivity index (χ1) is 7.15. The number of anilines is 1. The SMILES string of the molecule is CC1OCCC1Nc1cc(Cl)cc(Cl)c1. The molecule has 0 aliphatic carbocycles. The Bertz CT molecular complexity index is 336. The Labute approximate surface area is 99.5 Å². The van der Waals surface area contributed by atoms with Crippen molar-refractivity contribution in [1.29, 1.82) is 0 Å². The van der Waals surface area contributed by atoms with Crippen LogP contribution in [0.4, 0.5) is 5.69 Å². The van der Waals surface area contributed by atoms with E-state index in [9.17, 15) is 0 Å². The molecule has 15 heavy (non-hydrogen) atoms. The van der Waals surface area contributed by atoms with Crippen molar-refractivity contribution in [2.45, 2.75) is 25.5 Å². The molecule has 2 rings (SSSR count). The molecule has 1 fully saturated rings. The van der Waals surface area contributed by atoms with Gasteiger partial charge in [-0.25, -0.2) is 0 Å². The zero-order valence-electron chi connectivity index (χ0n) is 8.47. The van der Waals surface area contributed by atoms with Crippen LogP contribution in [0.2, 0.25) is 10.0 Å². The molecule has 0 aromatic heterocycles. The average Bonchev–Trinajstić information content (AvgIpc) is 2.50. The molecular weight excluding hydrogens is 233 g/mol. The summed E-state index contributed by atoms with van der Waals surface area (Å²) in [6.07, 6.45) is 1.26. The fraction of sp³-hybridized carbons (Fsp3) is 0.455. The van der Waals surface area contributed by atoms with Gasteiger partial charge in [0.15, 0.2) is 0 Å². The van der Waals surface area contributed by atoms with E-state index in [1.54, 1.807) is 6.07 Å². The van der Waals surface area contributed by atoms with Crippen LogP contribution in [0.1, 0.15) is 13.3 Å². The number of benzene rings is 1. The smallest absolute Gasteiger partial charge is 0.0748 e. The van der Waals surface area contributed by atoms with Crippen LogP contribution in [0.25, 0.3) is 0 Å². The first-order valence-corrected chi connectivity index (χ1v) is 5.75. The third kappa shape index (κ3) is 2.77. The van der Waals surface area contributed by atoms with E-state index in [1.807, 2.05) is 12.1 Å². The molecule has 0 bridgehead atoms. The van der Waals surface area contributed by atoms with E-state index in [-0.39, 0.29) is 6.10 Å². The first kappa shape index (κ1) is 11.1. The molecule has 1 N–H and O–H groups in total. The van der Waals surface area contributed by atoms with E-state index in [1.165, 1.54) is 0 Å². The zero-order valence-corrected chi connectivity index (χ0v) is 9.98. The molecular formula is C11H13Cl2NO. The molecule has 1 aliphatic rings. The number of nitrogens with one attached hydrogen (secondary N) is 1. The molecule has 4 heteroatoms. The number of rotatable bonds is 2. The maximum atomic E-state index is 5.92. The molecule has 0 spiro atoms. The van der Waals surface area contributed by atoms with Gasteiger partial charge in [0.25, 0.3) is 0 Å².